The predicted octanol–water partition coefficient (Wildman–Crippen LogP) is 5.36. The van der Waals surface area contributed by atoms with E-state index in [2.05, 4.69) is 48.1 Å². The van der Waals surface area contributed by atoms with Crippen LogP contribution >= 0.6 is 0 Å². The summed E-state index contributed by atoms with van der Waals surface area (Å²) in [5.41, 5.74) is 10.4. The summed E-state index contributed by atoms with van der Waals surface area (Å²) in [7, 11) is 1.97. The van der Waals surface area contributed by atoms with E-state index in [0.29, 0.717) is 12.6 Å². The van der Waals surface area contributed by atoms with Crippen molar-refractivity contribution < 1.29 is 9.53 Å². The van der Waals surface area contributed by atoms with Crippen LogP contribution in [0.15, 0.2) is 24.4 Å². The second-order valence-corrected chi connectivity index (χ2v) is 10.4. The second-order valence-electron chi connectivity index (χ2n) is 10.4. The van der Waals surface area contributed by atoms with E-state index in [1.807, 2.05) is 11.7 Å². The van der Waals surface area contributed by atoms with Crippen molar-refractivity contribution in [3.05, 3.63) is 52.3 Å². The smallest absolute Gasteiger partial charge is 0.252 e. The van der Waals surface area contributed by atoms with E-state index in [4.69, 9.17) is 9.84 Å². The molecule has 174 valence electrons. The number of fused-ring (bicyclic) bond motifs is 10. The molecule has 4 aromatic rings. The van der Waals surface area contributed by atoms with E-state index in [-0.39, 0.29) is 12.0 Å². The van der Waals surface area contributed by atoms with Crippen LogP contribution in [0, 0.1) is 0 Å². The number of rotatable bonds is 2. The van der Waals surface area contributed by atoms with Crippen LogP contribution < -0.4 is 5.32 Å². The number of carbonyl (C=O) groups excluding carboxylic acids is 1. The lowest BCUT2D eigenvalue weighted by molar-refractivity contribution is 0.0150. The molecule has 1 saturated heterocycles. The number of aromatic nitrogens is 3. The van der Waals surface area contributed by atoms with Crippen molar-refractivity contribution in [3.8, 4) is 11.1 Å². The normalized spacial score (nSPS) is 19.5. The SMILES string of the molecule is CC(C)n1c2ccc(C3CCCCO3)cc2c2c3c(c4c(c21)CCc1nn(C)cc1-4)C(=O)NC3. The van der Waals surface area contributed by atoms with Crippen molar-refractivity contribution >= 4 is 27.7 Å². The number of nitrogens with one attached hydrogen (secondary N) is 1. The van der Waals surface area contributed by atoms with Gasteiger partial charge in [0.05, 0.1) is 22.9 Å². The molecule has 4 heterocycles. The van der Waals surface area contributed by atoms with Crippen LogP contribution in [0.25, 0.3) is 32.9 Å². The van der Waals surface area contributed by atoms with Gasteiger partial charge in [0.15, 0.2) is 0 Å². The summed E-state index contributed by atoms with van der Waals surface area (Å²) in [4.78, 5) is 13.2. The van der Waals surface area contributed by atoms with E-state index in [9.17, 15) is 4.79 Å². The quantitative estimate of drug-likeness (QED) is 0.444. The Bertz CT molecular complexity index is 1500. The van der Waals surface area contributed by atoms with Gasteiger partial charge in [-0.05, 0) is 74.8 Å². The van der Waals surface area contributed by atoms with Gasteiger partial charge < -0.3 is 14.6 Å². The Morgan fingerprint density at radius 3 is 2.82 bits per heavy atom. The molecule has 1 aliphatic carbocycles. The van der Waals surface area contributed by atoms with E-state index in [1.54, 1.807) is 0 Å². The lowest BCUT2D eigenvalue weighted by atomic mass is 9.82. The molecule has 3 aliphatic rings. The molecule has 6 heteroatoms. The van der Waals surface area contributed by atoms with Crippen LogP contribution in [0.5, 0.6) is 0 Å². The Morgan fingerprint density at radius 2 is 2.03 bits per heavy atom. The number of aryl methyl sites for hydroxylation is 3. The van der Waals surface area contributed by atoms with Crippen molar-refractivity contribution in [3.63, 3.8) is 0 Å². The van der Waals surface area contributed by atoms with Crippen LogP contribution in [0.1, 0.15) is 78.0 Å². The van der Waals surface area contributed by atoms with Crippen LogP contribution in [-0.2, 0) is 31.2 Å². The summed E-state index contributed by atoms with van der Waals surface area (Å²) in [6.45, 7) is 5.94. The fourth-order valence-electron chi connectivity index (χ4n) is 6.62. The highest BCUT2D eigenvalue weighted by Crippen LogP contribution is 2.48. The number of ether oxygens (including phenoxy) is 1. The third-order valence-corrected chi connectivity index (χ3v) is 7.98. The molecule has 0 radical (unpaired) electrons. The Hall–Kier alpha value is -3.12. The van der Waals surface area contributed by atoms with Gasteiger partial charge in [0.2, 0.25) is 0 Å². The standard InChI is InChI=1S/C28H30N4O2/c1-15(2)32-22-10-7-16(23-6-4-5-11-34-23)12-18(22)25-19-13-29-28(33)26(19)24-17(27(25)32)8-9-21-20(24)14-31(3)30-21/h7,10,12,14-15,23H,4-6,8-9,11,13H2,1-3H3,(H,29,33). The van der Waals surface area contributed by atoms with E-state index in [1.165, 1.54) is 39.4 Å². The van der Waals surface area contributed by atoms with Gasteiger partial charge in [-0.1, -0.05) is 6.07 Å². The van der Waals surface area contributed by atoms with Crippen molar-refractivity contribution in [2.45, 2.75) is 64.6 Å². The average Bonchev–Trinajstić information content (AvgIpc) is 3.51. The monoisotopic (exact) mass is 454 g/mol. The summed E-state index contributed by atoms with van der Waals surface area (Å²) in [6.07, 6.45) is 7.49. The molecule has 34 heavy (non-hydrogen) atoms. The first-order valence-corrected chi connectivity index (χ1v) is 12.6. The molecular formula is C28H30N4O2. The third-order valence-electron chi connectivity index (χ3n) is 7.98. The van der Waals surface area contributed by atoms with Gasteiger partial charge in [-0.25, -0.2) is 0 Å². The maximum atomic E-state index is 13.2. The van der Waals surface area contributed by atoms with Crippen molar-refractivity contribution in [2.75, 3.05) is 6.61 Å². The Balaban J connectivity index is 1.62. The molecule has 1 amide bonds. The molecular weight excluding hydrogens is 424 g/mol. The number of amides is 1. The van der Waals surface area contributed by atoms with Gasteiger partial charge >= 0.3 is 0 Å². The van der Waals surface area contributed by atoms with Gasteiger partial charge in [-0.2, -0.15) is 5.10 Å². The van der Waals surface area contributed by atoms with E-state index in [0.717, 1.165) is 60.2 Å². The van der Waals surface area contributed by atoms with Crippen LogP contribution in [0.4, 0.5) is 0 Å². The minimum atomic E-state index is 0.0436. The van der Waals surface area contributed by atoms with Gasteiger partial charge in [-0.3, -0.25) is 9.48 Å². The molecule has 2 aromatic carbocycles. The summed E-state index contributed by atoms with van der Waals surface area (Å²) in [5.74, 6) is 0.0436. The van der Waals surface area contributed by atoms with Gasteiger partial charge in [0.1, 0.15) is 0 Å². The summed E-state index contributed by atoms with van der Waals surface area (Å²) < 4.78 is 10.5. The van der Waals surface area contributed by atoms with E-state index < -0.39 is 0 Å². The average molecular weight is 455 g/mol. The Kier molecular flexibility index (Phi) is 4.29. The highest BCUT2D eigenvalue weighted by Gasteiger charge is 2.35. The number of benzene rings is 2. The Labute approximate surface area is 198 Å². The van der Waals surface area contributed by atoms with Crippen molar-refractivity contribution in [2.24, 2.45) is 7.05 Å². The molecule has 1 N–H and O–H groups in total. The number of hydrogen-bond donors (Lipinski definition) is 1. The third kappa shape index (κ3) is 2.66. The zero-order valence-corrected chi connectivity index (χ0v) is 20.1. The molecule has 1 fully saturated rings. The number of carbonyl (C=O) groups is 1. The molecule has 1 atom stereocenters. The minimum Gasteiger partial charge on any atom is -0.374 e. The van der Waals surface area contributed by atoms with Gasteiger partial charge in [0.25, 0.3) is 5.91 Å². The Morgan fingerprint density at radius 1 is 1.15 bits per heavy atom. The molecule has 2 aliphatic heterocycles. The molecule has 0 spiro atoms. The fourth-order valence-corrected chi connectivity index (χ4v) is 6.62. The molecule has 6 nitrogen and oxygen atoms in total. The fraction of sp³-hybridized carbons (Fsp3) is 0.429. The summed E-state index contributed by atoms with van der Waals surface area (Å²) >= 11 is 0. The lowest BCUT2D eigenvalue weighted by Gasteiger charge is -2.23. The summed E-state index contributed by atoms with van der Waals surface area (Å²) in [6, 6.07) is 7.19. The van der Waals surface area contributed by atoms with Crippen molar-refractivity contribution in [1.82, 2.24) is 19.7 Å². The number of nitrogens with zero attached hydrogens (tertiary/aromatic N) is 3. The largest absolute Gasteiger partial charge is 0.374 e. The van der Waals surface area contributed by atoms with Crippen molar-refractivity contribution in [1.29, 1.82) is 0 Å². The maximum Gasteiger partial charge on any atom is 0.252 e. The zero-order valence-electron chi connectivity index (χ0n) is 20.1. The minimum absolute atomic E-state index is 0.0436. The van der Waals surface area contributed by atoms with Crippen LogP contribution in [0.2, 0.25) is 0 Å². The van der Waals surface area contributed by atoms with E-state index >= 15 is 0 Å². The van der Waals surface area contributed by atoms with Crippen LogP contribution in [-0.4, -0.2) is 26.9 Å². The first kappa shape index (κ1) is 20.3. The van der Waals surface area contributed by atoms with Crippen LogP contribution in [0.3, 0.4) is 0 Å². The first-order chi connectivity index (χ1) is 16.5. The maximum absolute atomic E-state index is 13.2. The topological polar surface area (TPSA) is 61.1 Å². The molecule has 1 unspecified atom stereocenters. The molecule has 7 rings (SSSR count). The molecule has 2 aromatic heterocycles. The van der Waals surface area contributed by atoms with Gasteiger partial charge in [0, 0.05) is 59.9 Å². The molecule has 0 bridgehead atoms. The first-order valence-electron chi connectivity index (χ1n) is 12.6. The highest BCUT2D eigenvalue weighted by molar-refractivity contribution is 6.19. The zero-order chi connectivity index (χ0) is 23.1. The predicted molar refractivity (Wildman–Crippen MR) is 133 cm³/mol. The second kappa shape index (κ2) is 7.19. The summed E-state index contributed by atoms with van der Waals surface area (Å²) in [5, 5.41) is 10.4. The highest BCUT2D eigenvalue weighted by atomic mass is 16.5. The lowest BCUT2D eigenvalue weighted by Crippen LogP contribution is -2.15. The molecule has 0 saturated carbocycles. The number of hydrogen-bond acceptors (Lipinski definition) is 3. The van der Waals surface area contributed by atoms with Gasteiger partial charge in [-0.15, -0.1) is 0 Å².